The maximum absolute atomic E-state index is 8.72. The van der Waals surface area contributed by atoms with Crippen molar-refractivity contribution in [3.8, 4) is 0 Å². The monoisotopic (exact) mass is 226 g/mol. The van der Waals surface area contributed by atoms with E-state index < -0.39 is 12.2 Å². The van der Waals surface area contributed by atoms with Gasteiger partial charge in [0.05, 0.1) is 26.4 Å². The quantitative estimate of drug-likeness (QED) is 0.266. The molecule has 0 radical (unpaired) electrons. The van der Waals surface area contributed by atoms with Gasteiger partial charge in [-0.2, -0.15) is 0 Å². The van der Waals surface area contributed by atoms with Crippen molar-refractivity contribution < 1.29 is 25.2 Å². The Morgan fingerprint density at radius 2 is 1.20 bits per heavy atom. The van der Waals surface area contributed by atoms with Crippen molar-refractivity contribution in [3.63, 3.8) is 0 Å². The van der Waals surface area contributed by atoms with Gasteiger partial charge in [0.25, 0.3) is 0 Å². The molecule has 15 heavy (non-hydrogen) atoms. The average molecular weight is 226 g/mol. The Labute approximate surface area is 89.3 Å². The predicted molar refractivity (Wildman–Crippen MR) is 55.1 cm³/mol. The van der Waals surface area contributed by atoms with Crippen LogP contribution in [0, 0.1) is 0 Å². The molecule has 2 unspecified atom stereocenters. The van der Waals surface area contributed by atoms with Crippen LogP contribution in [0.15, 0.2) is 0 Å². The molecule has 0 amide bonds. The Kier molecular flexibility index (Phi) is 15.7. The van der Waals surface area contributed by atoms with Crippen LogP contribution in [0.4, 0.5) is 0 Å². The molecule has 7 nitrogen and oxygen atoms in total. The molecule has 0 saturated carbocycles. The molecule has 0 aliphatic carbocycles. The molecule has 0 spiro atoms. The number of ether oxygens (including phenoxy) is 1. The summed E-state index contributed by atoms with van der Waals surface area (Å²) in [7, 11) is 0. The summed E-state index contributed by atoms with van der Waals surface area (Å²) in [4.78, 5) is 0. The molecule has 0 saturated heterocycles. The van der Waals surface area contributed by atoms with E-state index in [1.54, 1.807) is 0 Å². The number of hydrogen-bond acceptors (Lipinski definition) is 7. The van der Waals surface area contributed by atoms with E-state index in [1.165, 1.54) is 0 Å². The highest BCUT2D eigenvalue weighted by atomic mass is 16.5. The Hall–Kier alpha value is -0.280. The van der Waals surface area contributed by atoms with Crippen molar-refractivity contribution in [2.45, 2.75) is 12.2 Å². The van der Waals surface area contributed by atoms with Crippen LogP contribution in [-0.4, -0.2) is 72.2 Å². The summed E-state index contributed by atoms with van der Waals surface area (Å²) in [6.45, 7) is 0.394. The van der Waals surface area contributed by atoms with Crippen LogP contribution < -0.4 is 11.5 Å². The fourth-order valence-electron chi connectivity index (χ4n) is 0.446. The smallest absolute Gasteiger partial charge is 0.100 e. The van der Waals surface area contributed by atoms with Crippen molar-refractivity contribution in [3.05, 3.63) is 0 Å². The van der Waals surface area contributed by atoms with Gasteiger partial charge in [0.15, 0.2) is 0 Å². The van der Waals surface area contributed by atoms with E-state index in [9.17, 15) is 0 Å². The molecule has 0 aromatic heterocycles. The SMILES string of the molecule is NCCN.OCC(O)COCC(O)CO. The molecule has 0 aromatic rings. The lowest BCUT2D eigenvalue weighted by molar-refractivity contribution is -0.0364. The van der Waals surface area contributed by atoms with Crippen molar-refractivity contribution in [2.24, 2.45) is 11.5 Å². The zero-order chi connectivity index (χ0) is 12.1. The van der Waals surface area contributed by atoms with Crippen LogP contribution in [0.2, 0.25) is 0 Å². The number of rotatable bonds is 7. The molecule has 0 bridgehead atoms. The van der Waals surface area contributed by atoms with Gasteiger partial charge in [-0.1, -0.05) is 0 Å². The van der Waals surface area contributed by atoms with Crippen LogP contribution in [0.25, 0.3) is 0 Å². The molecule has 7 heteroatoms. The van der Waals surface area contributed by atoms with Crippen LogP contribution in [0.5, 0.6) is 0 Å². The highest BCUT2D eigenvalue weighted by Gasteiger charge is 2.04. The third kappa shape index (κ3) is 16.4. The topological polar surface area (TPSA) is 142 Å². The molecule has 94 valence electrons. The first-order valence-corrected chi connectivity index (χ1v) is 4.68. The van der Waals surface area contributed by atoms with E-state index in [2.05, 4.69) is 0 Å². The van der Waals surface area contributed by atoms with Crippen molar-refractivity contribution in [1.29, 1.82) is 0 Å². The molecule has 0 aliphatic rings. The van der Waals surface area contributed by atoms with Gasteiger partial charge in [-0.15, -0.1) is 0 Å². The van der Waals surface area contributed by atoms with E-state index >= 15 is 0 Å². The summed E-state index contributed by atoms with van der Waals surface area (Å²) in [5, 5.41) is 34.1. The highest BCUT2D eigenvalue weighted by Crippen LogP contribution is 1.87. The van der Waals surface area contributed by atoms with E-state index in [0.717, 1.165) is 0 Å². The van der Waals surface area contributed by atoms with Crippen LogP contribution in [-0.2, 0) is 4.74 Å². The molecule has 2 atom stereocenters. The van der Waals surface area contributed by atoms with Crippen LogP contribution in [0.3, 0.4) is 0 Å². The fourth-order valence-corrected chi connectivity index (χ4v) is 0.446. The number of aliphatic hydroxyl groups is 4. The molecule has 8 N–H and O–H groups in total. The minimum atomic E-state index is -0.916. The van der Waals surface area contributed by atoms with Gasteiger partial charge < -0.3 is 36.6 Å². The van der Waals surface area contributed by atoms with E-state index in [-0.39, 0.29) is 26.4 Å². The van der Waals surface area contributed by atoms with E-state index in [4.69, 9.17) is 36.6 Å². The number of nitrogens with two attached hydrogens (primary N) is 2. The summed E-state index contributed by atoms with van der Waals surface area (Å²) < 4.78 is 4.72. The zero-order valence-electron chi connectivity index (χ0n) is 8.75. The summed E-state index contributed by atoms with van der Waals surface area (Å²) in [6, 6.07) is 0. The van der Waals surface area contributed by atoms with Gasteiger partial charge >= 0.3 is 0 Å². The first-order chi connectivity index (χ1) is 7.12. The van der Waals surface area contributed by atoms with E-state index in [0.29, 0.717) is 13.1 Å². The van der Waals surface area contributed by atoms with Gasteiger partial charge in [-0.05, 0) is 0 Å². The minimum Gasteiger partial charge on any atom is -0.394 e. The third-order valence-corrected chi connectivity index (χ3v) is 1.21. The molecule has 0 aliphatic heterocycles. The Balaban J connectivity index is 0. The first kappa shape index (κ1) is 17.1. The molecule has 0 rings (SSSR count). The summed E-state index contributed by atoms with van der Waals surface area (Å²) >= 11 is 0. The third-order valence-electron chi connectivity index (χ3n) is 1.21. The van der Waals surface area contributed by atoms with Gasteiger partial charge in [0.1, 0.15) is 12.2 Å². The Bertz CT molecular complexity index is 105. The average Bonchev–Trinajstić information content (AvgIpc) is 2.28. The minimum absolute atomic E-state index is 0.0342. The highest BCUT2D eigenvalue weighted by molar-refractivity contribution is 4.52. The predicted octanol–water partition coefficient (Wildman–Crippen LogP) is -3.39. The molecule has 0 fully saturated rings. The van der Waals surface area contributed by atoms with Gasteiger partial charge in [0, 0.05) is 13.1 Å². The standard InChI is InChI=1S/C6H14O5.C2H8N2/c7-1-5(9)3-11-4-6(10)2-8;3-1-2-4/h5-10H,1-4H2;1-4H2. The van der Waals surface area contributed by atoms with E-state index in [1.807, 2.05) is 0 Å². The molecular formula is C8H22N2O5. The Morgan fingerprint density at radius 1 is 0.867 bits per heavy atom. The second-order valence-corrected chi connectivity index (χ2v) is 2.79. The van der Waals surface area contributed by atoms with Gasteiger partial charge in [-0.25, -0.2) is 0 Å². The zero-order valence-corrected chi connectivity index (χ0v) is 8.75. The summed E-state index contributed by atoms with van der Waals surface area (Å²) in [6.07, 6.45) is -1.83. The van der Waals surface area contributed by atoms with Crippen molar-refractivity contribution in [2.75, 3.05) is 39.5 Å². The number of hydrogen-bond donors (Lipinski definition) is 6. The maximum atomic E-state index is 8.72. The second kappa shape index (κ2) is 13.7. The van der Waals surface area contributed by atoms with Crippen molar-refractivity contribution in [1.82, 2.24) is 0 Å². The fraction of sp³-hybridized carbons (Fsp3) is 1.00. The lowest BCUT2D eigenvalue weighted by atomic mass is 10.4. The maximum Gasteiger partial charge on any atom is 0.100 e. The number of aliphatic hydroxyl groups excluding tert-OH is 4. The summed E-state index contributed by atoms with van der Waals surface area (Å²) in [5.41, 5.74) is 9.81. The van der Waals surface area contributed by atoms with Gasteiger partial charge in [-0.3, -0.25) is 0 Å². The van der Waals surface area contributed by atoms with Crippen LogP contribution in [0.1, 0.15) is 0 Å². The van der Waals surface area contributed by atoms with Gasteiger partial charge in [0.2, 0.25) is 0 Å². The largest absolute Gasteiger partial charge is 0.394 e. The molecule has 0 heterocycles. The molecule has 0 aromatic carbocycles. The van der Waals surface area contributed by atoms with Crippen LogP contribution >= 0.6 is 0 Å². The normalized spacial score (nSPS) is 14.0. The summed E-state index contributed by atoms with van der Waals surface area (Å²) in [5.74, 6) is 0. The van der Waals surface area contributed by atoms with Crippen molar-refractivity contribution >= 4 is 0 Å². The first-order valence-electron chi connectivity index (χ1n) is 4.68. The Morgan fingerprint density at radius 3 is 1.40 bits per heavy atom. The lowest BCUT2D eigenvalue weighted by Crippen LogP contribution is -2.25. The molecular weight excluding hydrogens is 204 g/mol. The second-order valence-electron chi connectivity index (χ2n) is 2.79. The lowest BCUT2D eigenvalue weighted by Gasteiger charge is -2.10.